The van der Waals surface area contributed by atoms with Crippen LogP contribution in [-0.4, -0.2) is 35.1 Å². The molecule has 1 N–H and O–H groups in total. The molecule has 8 nitrogen and oxygen atoms in total. The summed E-state index contributed by atoms with van der Waals surface area (Å²) in [6, 6.07) is 21.8. The average Bonchev–Trinajstić information content (AvgIpc) is 2.86. The van der Waals surface area contributed by atoms with E-state index in [9.17, 15) is 9.59 Å². The Balaban J connectivity index is 1.42. The van der Waals surface area contributed by atoms with Crippen molar-refractivity contribution in [3.8, 4) is 11.5 Å². The molecule has 0 saturated heterocycles. The highest BCUT2D eigenvalue weighted by Gasteiger charge is 2.17. The number of aromatic nitrogens is 2. The summed E-state index contributed by atoms with van der Waals surface area (Å²) >= 11 is 0. The van der Waals surface area contributed by atoms with E-state index in [1.807, 2.05) is 36.4 Å². The predicted molar refractivity (Wildman–Crippen MR) is 124 cm³/mol. The molecule has 0 radical (unpaired) electrons. The van der Waals surface area contributed by atoms with Crippen molar-refractivity contribution in [2.75, 3.05) is 13.2 Å². The van der Waals surface area contributed by atoms with Crippen LogP contribution < -0.4 is 20.5 Å². The number of nitrogens with zero attached hydrogens (tertiary/aromatic N) is 3. The summed E-state index contributed by atoms with van der Waals surface area (Å²) in [4.78, 5) is 25.9. The van der Waals surface area contributed by atoms with Gasteiger partial charge in [-0.05, 0) is 35.4 Å². The van der Waals surface area contributed by atoms with Crippen LogP contribution in [0.15, 0.2) is 82.7 Å². The number of fused-ring (bicyclic) bond motifs is 2. The first-order chi connectivity index (χ1) is 16.2. The lowest BCUT2D eigenvalue weighted by Gasteiger charge is -2.18. The van der Waals surface area contributed by atoms with Crippen LogP contribution in [0.25, 0.3) is 10.8 Å². The summed E-state index contributed by atoms with van der Waals surface area (Å²) in [5, 5.41) is 9.31. The highest BCUT2D eigenvalue weighted by Crippen LogP contribution is 2.30. The second-order valence-corrected chi connectivity index (χ2v) is 7.44. The number of nitrogens with one attached hydrogen (secondary N) is 1. The molecule has 0 unspecified atom stereocenters. The Morgan fingerprint density at radius 2 is 1.70 bits per heavy atom. The quantitative estimate of drug-likeness (QED) is 0.380. The number of rotatable bonds is 5. The van der Waals surface area contributed by atoms with E-state index in [1.54, 1.807) is 36.4 Å². The molecule has 0 bridgehead atoms. The fourth-order valence-corrected chi connectivity index (χ4v) is 3.63. The van der Waals surface area contributed by atoms with Crippen molar-refractivity contribution >= 4 is 22.9 Å². The van der Waals surface area contributed by atoms with Crippen LogP contribution in [-0.2, 0) is 6.54 Å². The van der Waals surface area contributed by atoms with Crippen molar-refractivity contribution in [3.63, 3.8) is 0 Å². The third-order valence-corrected chi connectivity index (χ3v) is 5.20. The summed E-state index contributed by atoms with van der Waals surface area (Å²) in [6.07, 6.45) is 1.51. The maximum absolute atomic E-state index is 13.0. The van der Waals surface area contributed by atoms with Crippen molar-refractivity contribution in [2.24, 2.45) is 5.10 Å². The van der Waals surface area contributed by atoms with Crippen LogP contribution in [0.3, 0.4) is 0 Å². The van der Waals surface area contributed by atoms with Gasteiger partial charge in [0, 0.05) is 5.39 Å². The highest BCUT2D eigenvalue weighted by atomic mass is 16.6. The largest absolute Gasteiger partial charge is 0.486 e. The maximum Gasteiger partial charge on any atom is 0.292 e. The molecule has 3 aromatic carbocycles. The van der Waals surface area contributed by atoms with Crippen LogP contribution >= 0.6 is 0 Å². The normalized spacial score (nSPS) is 12.7. The maximum atomic E-state index is 13.0. The van der Waals surface area contributed by atoms with Gasteiger partial charge in [-0.15, -0.1) is 0 Å². The Bertz CT molecular complexity index is 1410. The zero-order valence-electron chi connectivity index (χ0n) is 17.6. The van der Waals surface area contributed by atoms with Crippen molar-refractivity contribution in [2.45, 2.75) is 6.54 Å². The van der Waals surface area contributed by atoms with Gasteiger partial charge in [0.05, 0.1) is 18.1 Å². The SMILES string of the molecule is O=C(NN=Cc1ccc2c(c1)OCCO2)c1nn(Cc2ccccc2)c(=O)c2ccccc12. The van der Waals surface area contributed by atoms with Crippen LogP contribution in [0, 0.1) is 0 Å². The zero-order valence-corrected chi connectivity index (χ0v) is 17.6. The first-order valence-electron chi connectivity index (χ1n) is 10.5. The van der Waals surface area contributed by atoms with Gasteiger partial charge < -0.3 is 9.47 Å². The number of hydrogen-bond donors (Lipinski definition) is 1. The molecule has 0 atom stereocenters. The number of hydrogen-bond acceptors (Lipinski definition) is 6. The topological polar surface area (TPSA) is 94.8 Å². The highest BCUT2D eigenvalue weighted by molar-refractivity contribution is 6.05. The molecule has 1 amide bonds. The molecule has 0 spiro atoms. The third kappa shape index (κ3) is 4.31. The summed E-state index contributed by atoms with van der Waals surface area (Å²) in [5.41, 5.74) is 4.03. The van der Waals surface area contributed by atoms with Gasteiger partial charge in [-0.1, -0.05) is 48.5 Å². The summed E-state index contributed by atoms with van der Waals surface area (Å²) in [7, 11) is 0. The number of carbonyl (C=O) groups is 1. The van der Waals surface area contributed by atoms with Gasteiger partial charge >= 0.3 is 0 Å². The number of benzene rings is 3. The standard InChI is InChI=1S/C25H20N4O4/c30-24(27-26-15-18-10-11-21-22(14-18)33-13-12-32-21)23-19-8-4-5-9-20(19)25(31)29(28-23)16-17-6-2-1-3-7-17/h1-11,14-15H,12-13,16H2,(H,27,30). The fourth-order valence-electron chi connectivity index (χ4n) is 3.63. The molecule has 0 saturated carbocycles. The minimum atomic E-state index is -0.512. The van der Waals surface area contributed by atoms with E-state index in [2.05, 4.69) is 15.6 Å². The number of ether oxygens (including phenoxy) is 2. The van der Waals surface area contributed by atoms with Crippen molar-refractivity contribution in [3.05, 3.63) is 100.0 Å². The predicted octanol–water partition coefficient (Wildman–Crippen LogP) is 2.98. The van der Waals surface area contributed by atoms with Crippen LogP contribution in [0.5, 0.6) is 11.5 Å². The molecule has 2 heterocycles. The lowest BCUT2D eigenvalue weighted by Crippen LogP contribution is -2.29. The monoisotopic (exact) mass is 440 g/mol. The van der Waals surface area contributed by atoms with Crippen LogP contribution in [0.2, 0.25) is 0 Å². The Labute approximate surface area is 189 Å². The molecule has 1 aliphatic heterocycles. The first-order valence-corrected chi connectivity index (χ1v) is 10.5. The van der Waals surface area contributed by atoms with E-state index in [0.717, 1.165) is 11.1 Å². The van der Waals surface area contributed by atoms with E-state index in [-0.39, 0.29) is 17.8 Å². The van der Waals surface area contributed by atoms with Gasteiger partial charge in [-0.3, -0.25) is 9.59 Å². The van der Waals surface area contributed by atoms with E-state index < -0.39 is 5.91 Å². The second-order valence-electron chi connectivity index (χ2n) is 7.44. The van der Waals surface area contributed by atoms with E-state index in [0.29, 0.717) is 35.5 Å². The minimum Gasteiger partial charge on any atom is -0.486 e. The molecule has 5 rings (SSSR count). The average molecular weight is 440 g/mol. The molecule has 164 valence electrons. The van der Waals surface area contributed by atoms with Gasteiger partial charge in [0.15, 0.2) is 17.2 Å². The van der Waals surface area contributed by atoms with Crippen LogP contribution in [0.4, 0.5) is 0 Å². The summed E-state index contributed by atoms with van der Waals surface area (Å²) in [6.45, 7) is 1.26. The van der Waals surface area contributed by atoms with Crippen molar-refractivity contribution in [1.29, 1.82) is 0 Å². The Morgan fingerprint density at radius 1 is 0.970 bits per heavy atom. The number of hydrazone groups is 1. The molecule has 0 aliphatic carbocycles. The lowest BCUT2D eigenvalue weighted by molar-refractivity contribution is 0.0949. The summed E-state index contributed by atoms with van der Waals surface area (Å²) in [5.74, 6) is 0.803. The summed E-state index contributed by atoms with van der Waals surface area (Å²) < 4.78 is 12.4. The smallest absolute Gasteiger partial charge is 0.292 e. The van der Waals surface area contributed by atoms with Gasteiger partial charge in [0.1, 0.15) is 13.2 Å². The Hall–Kier alpha value is -4.46. The van der Waals surface area contributed by atoms with Gasteiger partial charge in [0.2, 0.25) is 0 Å². The number of carbonyl (C=O) groups excluding carboxylic acids is 1. The Morgan fingerprint density at radius 3 is 2.52 bits per heavy atom. The van der Waals surface area contributed by atoms with E-state index >= 15 is 0 Å². The second kappa shape index (κ2) is 8.96. The molecular formula is C25H20N4O4. The third-order valence-electron chi connectivity index (χ3n) is 5.20. The minimum absolute atomic E-state index is 0.125. The lowest BCUT2D eigenvalue weighted by atomic mass is 10.1. The molecule has 4 aromatic rings. The van der Waals surface area contributed by atoms with E-state index in [4.69, 9.17) is 9.47 Å². The molecular weight excluding hydrogens is 420 g/mol. The molecule has 33 heavy (non-hydrogen) atoms. The van der Waals surface area contributed by atoms with E-state index in [1.165, 1.54) is 10.9 Å². The fraction of sp³-hybridized carbons (Fsp3) is 0.120. The van der Waals surface area contributed by atoms with Gasteiger partial charge in [-0.2, -0.15) is 10.2 Å². The van der Waals surface area contributed by atoms with Gasteiger partial charge in [0.25, 0.3) is 11.5 Å². The molecule has 1 aliphatic rings. The van der Waals surface area contributed by atoms with Gasteiger partial charge in [-0.25, -0.2) is 10.1 Å². The Kier molecular flexibility index (Phi) is 5.55. The van der Waals surface area contributed by atoms with Crippen molar-refractivity contribution in [1.82, 2.24) is 15.2 Å². The molecule has 1 aromatic heterocycles. The number of amides is 1. The van der Waals surface area contributed by atoms with Crippen molar-refractivity contribution < 1.29 is 14.3 Å². The zero-order chi connectivity index (χ0) is 22.6. The van der Waals surface area contributed by atoms with Crippen LogP contribution in [0.1, 0.15) is 21.6 Å². The molecule has 0 fully saturated rings. The molecule has 8 heteroatoms. The first kappa shape index (κ1) is 20.4.